The van der Waals surface area contributed by atoms with Gasteiger partial charge in [0.05, 0.1) is 23.6 Å². The average molecular weight is 388 g/mol. The smallest absolute Gasteiger partial charge is 0.314 e. The number of hydrogen-bond acceptors (Lipinski definition) is 3. The Morgan fingerprint density at radius 1 is 1.04 bits per heavy atom. The summed E-state index contributed by atoms with van der Waals surface area (Å²) in [5.74, 6) is -0.475. The fraction of sp³-hybridized carbons (Fsp3) is 0.350. The first-order valence-corrected chi connectivity index (χ1v) is 10.7. The molecule has 0 aliphatic carbocycles. The molecule has 2 aliphatic rings. The summed E-state index contributed by atoms with van der Waals surface area (Å²) < 4.78 is 38.1. The van der Waals surface area contributed by atoms with Crippen LogP contribution in [0.4, 0.5) is 14.9 Å². The van der Waals surface area contributed by atoms with Crippen molar-refractivity contribution < 1.29 is 17.6 Å². The summed E-state index contributed by atoms with van der Waals surface area (Å²) in [5, 5.41) is 0. The molecule has 4 rings (SSSR count). The number of benzene rings is 2. The topological polar surface area (TPSA) is 57.7 Å². The number of hydrogen-bond donors (Lipinski definition) is 0. The number of amides is 2. The lowest BCUT2D eigenvalue weighted by Gasteiger charge is -2.23. The molecule has 2 saturated heterocycles. The summed E-state index contributed by atoms with van der Waals surface area (Å²) in [4.78, 5) is 16.4. The third-order valence-electron chi connectivity index (χ3n) is 5.20. The van der Waals surface area contributed by atoms with Crippen LogP contribution in [0.15, 0.2) is 42.5 Å². The predicted molar refractivity (Wildman–Crippen MR) is 102 cm³/mol. The van der Waals surface area contributed by atoms with Crippen molar-refractivity contribution in [2.75, 3.05) is 16.4 Å². The summed E-state index contributed by atoms with van der Waals surface area (Å²) in [6.07, 6.45) is 0. The molecule has 0 spiro atoms. The molecule has 0 saturated carbocycles. The first kappa shape index (κ1) is 18.0. The number of carbonyl (C=O) groups is 1. The second-order valence-corrected chi connectivity index (χ2v) is 9.62. The number of aryl methyl sites for hydroxylation is 2. The van der Waals surface area contributed by atoms with Crippen LogP contribution in [0.2, 0.25) is 0 Å². The number of urea groups is 1. The molecule has 2 amide bonds. The van der Waals surface area contributed by atoms with E-state index < -0.39 is 21.9 Å². The standard InChI is InChI=1S/C20H21FN2O3S/c1-13-6-14(2)8-17(7-13)23-19-12-27(25,26)11-18(19)22(20(23)24)10-15-4-3-5-16(21)9-15/h3-9,18-19H,10-12H2,1-2H3/t18-,19+/m0/s1. The first-order chi connectivity index (χ1) is 12.7. The Kier molecular flexibility index (Phi) is 4.22. The van der Waals surface area contributed by atoms with Gasteiger partial charge in [-0.15, -0.1) is 0 Å². The minimum absolute atomic E-state index is 0.0456. The van der Waals surface area contributed by atoms with Crippen LogP contribution in [0.3, 0.4) is 0 Å². The van der Waals surface area contributed by atoms with Gasteiger partial charge in [-0.2, -0.15) is 0 Å². The monoisotopic (exact) mass is 388 g/mol. The number of anilines is 1. The molecular weight excluding hydrogens is 367 g/mol. The van der Waals surface area contributed by atoms with Crippen LogP contribution in [0.25, 0.3) is 0 Å². The third-order valence-corrected chi connectivity index (χ3v) is 6.90. The van der Waals surface area contributed by atoms with Crippen LogP contribution in [0.5, 0.6) is 0 Å². The van der Waals surface area contributed by atoms with E-state index in [9.17, 15) is 17.6 Å². The Bertz CT molecular complexity index is 1000. The van der Waals surface area contributed by atoms with Crippen molar-refractivity contribution in [3.63, 3.8) is 0 Å². The SMILES string of the molecule is Cc1cc(C)cc(N2C(=O)N(Cc3cccc(F)c3)[C@H]3CS(=O)(=O)C[C@H]32)c1. The molecule has 0 N–H and O–H groups in total. The number of fused-ring (bicyclic) bond motifs is 1. The molecule has 2 fully saturated rings. The van der Waals surface area contributed by atoms with Gasteiger partial charge < -0.3 is 4.90 Å². The zero-order valence-corrected chi connectivity index (χ0v) is 16.0. The Labute approximate surface area is 158 Å². The van der Waals surface area contributed by atoms with E-state index in [1.54, 1.807) is 21.9 Å². The summed E-state index contributed by atoms with van der Waals surface area (Å²) >= 11 is 0. The number of sulfone groups is 1. The van der Waals surface area contributed by atoms with E-state index in [-0.39, 0.29) is 29.9 Å². The highest BCUT2D eigenvalue weighted by Gasteiger charge is 2.53. The van der Waals surface area contributed by atoms with E-state index in [0.717, 1.165) is 11.1 Å². The maximum atomic E-state index is 13.6. The highest BCUT2D eigenvalue weighted by Crippen LogP contribution is 2.36. The van der Waals surface area contributed by atoms with Gasteiger partial charge >= 0.3 is 6.03 Å². The van der Waals surface area contributed by atoms with E-state index in [0.29, 0.717) is 11.3 Å². The molecular formula is C20H21FN2O3S. The predicted octanol–water partition coefficient (Wildman–Crippen LogP) is 3.05. The highest BCUT2D eigenvalue weighted by molar-refractivity contribution is 7.91. The van der Waals surface area contributed by atoms with Crippen molar-refractivity contribution >= 4 is 21.6 Å². The number of halogens is 1. The van der Waals surface area contributed by atoms with Crippen molar-refractivity contribution in [3.8, 4) is 0 Å². The first-order valence-electron chi connectivity index (χ1n) is 8.86. The van der Waals surface area contributed by atoms with Gasteiger partial charge in [0.2, 0.25) is 0 Å². The normalized spacial score (nSPS) is 23.7. The molecule has 2 aromatic rings. The van der Waals surface area contributed by atoms with Gasteiger partial charge in [-0.25, -0.2) is 17.6 Å². The summed E-state index contributed by atoms with van der Waals surface area (Å²) in [5.41, 5.74) is 3.39. The van der Waals surface area contributed by atoms with Gasteiger partial charge in [0.15, 0.2) is 9.84 Å². The van der Waals surface area contributed by atoms with Crippen molar-refractivity contribution in [2.45, 2.75) is 32.5 Å². The van der Waals surface area contributed by atoms with Crippen LogP contribution < -0.4 is 4.90 Å². The molecule has 0 unspecified atom stereocenters. The van der Waals surface area contributed by atoms with Crippen molar-refractivity contribution in [1.29, 1.82) is 0 Å². The lowest BCUT2D eigenvalue weighted by Crippen LogP contribution is -2.37. The van der Waals surface area contributed by atoms with E-state index in [2.05, 4.69) is 0 Å². The summed E-state index contributed by atoms with van der Waals surface area (Å²) in [6, 6.07) is 10.8. The zero-order chi connectivity index (χ0) is 19.3. The van der Waals surface area contributed by atoms with Crippen LogP contribution in [0.1, 0.15) is 16.7 Å². The van der Waals surface area contributed by atoms with Crippen molar-refractivity contribution in [2.24, 2.45) is 0 Å². The number of rotatable bonds is 3. The molecule has 2 aromatic carbocycles. The van der Waals surface area contributed by atoms with E-state index in [1.165, 1.54) is 12.1 Å². The van der Waals surface area contributed by atoms with E-state index in [1.807, 2.05) is 32.0 Å². The largest absolute Gasteiger partial charge is 0.325 e. The van der Waals surface area contributed by atoms with E-state index in [4.69, 9.17) is 0 Å². The van der Waals surface area contributed by atoms with Crippen LogP contribution >= 0.6 is 0 Å². The lowest BCUT2D eigenvalue weighted by molar-refractivity contribution is 0.206. The molecule has 7 heteroatoms. The molecule has 0 aromatic heterocycles. The van der Waals surface area contributed by atoms with Gasteiger partial charge in [-0.05, 0) is 54.8 Å². The average Bonchev–Trinajstić information content (AvgIpc) is 2.98. The zero-order valence-electron chi connectivity index (χ0n) is 15.2. The molecule has 2 heterocycles. The van der Waals surface area contributed by atoms with E-state index >= 15 is 0 Å². The number of nitrogens with zero attached hydrogens (tertiary/aromatic N) is 2. The second kappa shape index (κ2) is 6.34. The minimum Gasteiger partial charge on any atom is -0.314 e. The van der Waals surface area contributed by atoms with Crippen molar-refractivity contribution in [3.05, 3.63) is 65.0 Å². The van der Waals surface area contributed by atoms with Crippen LogP contribution in [-0.2, 0) is 16.4 Å². The Morgan fingerprint density at radius 2 is 1.70 bits per heavy atom. The molecule has 0 bridgehead atoms. The van der Waals surface area contributed by atoms with Gasteiger partial charge in [-0.3, -0.25) is 4.90 Å². The number of carbonyl (C=O) groups excluding carboxylic acids is 1. The van der Waals surface area contributed by atoms with Crippen LogP contribution in [-0.4, -0.2) is 42.9 Å². The van der Waals surface area contributed by atoms with Gasteiger partial charge in [0, 0.05) is 12.2 Å². The van der Waals surface area contributed by atoms with Crippen LogP contribution in [0, 0.1) is 19.7 Å². The molecule has 2 atom stereocenters. The molecule has 142 valence electrons. The molecule has 5 nitrogen and oxygen atoms in total. The molecule has 2 aliphatic heterocycles. The molecule has 0 radical (unpaired) electrons. The third kappa shape index (κ3) is 3.32. The minimum atomic E-state index is -3.23. The maximum Gasteiger partial charge on any atom is 0.325 e. The second-order valence-electron chi connectivity index (χ2n) is 7.47. The van der Waals surface area contributed by atoms with Gasteiger partial charge in [0.25, 0.3) is 0 Å². The summed E-state index contributed by atoms with van der Waals surface area (Å²) in [7, 11) is -3.23. The Morgan fingerprint density at radius 3 is 2.37 bits per heavy atom. The Hall–Kier alpha value is -2.41. The fourth-order valence-electron chi connectivity index (χ4n) is 4.19. The van der Waals surface area contributed by atoms with Gasteiger partial charge in [0.1, 0.15) is 5.82 Å². The van der Waals surface area contributed by atoms with Crippen molar-refractivity contribution in [1.82, 2.24) is 4.90 Å². The lowest BCUT2D eigenvalue weighted by atomic mass is 10.1. The maximum absolute atomic E-state index is 13.6. The van der Waals surface area contributed by atoms with Gasteiger partial charge in [-0.1, -0.05) is 18.2 Å². The Balaban J connectivity index is 1.73. The fourth-order valence-corrected chi connectivity index (χ4v) is 6.14. The molecule has 27 heavy (non-hydrogen) atoms. The highest BCUT2D eigenvalue weighted by atomic mass is 32.2. The summed E-state index contributed by atoms with van der Waals surface area (Å²) in [6.45, 7) is 4.09. The quantitative estimate of drug-likeness (QED) is 0.760.